The number of amides is 4. The van der Waals surface area contributed by atoms with E-state index in [1.807, 2.05) is 83.8 Å². The molecule has 6 heterocycles. The first-order valence-electron chi connectivity index (χ1n) is 29.3. The van der Waals surface area contributed by atoms with E-state index < -0.39 is 23.9 Å². The Labute approximate surface area is 569 Å². The fourth-order valence-corrected chi connectivity index (χ4v) is 11.4. The number of rotatable bonds is 14. The quantitative estimate of drug-likeness (QED) is 0.0260. The van der Waals surface area contributed by atoms with Crippen molar-refractivity contribution in [1.29, 1.82) is 0 Å². The monoisotopic (exact) mass is 1700 g/mol. The second-order valence-corrected chi connectivity index (χ2v) is 56.8. The second kappa shape index (κ2) is 35.6. The molecule has 4 aliphatic heterocycles. The number of alkyl carbamates (subject to hydrolysis) is 1. The minimum absolute atomic E-state index is 0.0511. The van der Waals surface area contributed by atoms with Gasteiger partial charge in [-0.3, -0.25) is 19.2 Å². The van der Waals surface area contributed by atoms with E-state index in [-0.39, 0.29) is 60.1 Å². The summed E-state index contributed by atoms with van der Waals surface area (Å²) in [4.78, 5) is 95.2. The van der Waals surface area contributed by atoms with Crippen molar-refractivity contribution in [2.75, 3.05) is 73.8 Å². The van der Waals surface area contributed by atoms with Crippen LogP contribution in [0.15, 0.2) is 134 Å². The summed E-state index contributed by atoms with van der Waals surface area (Å²) in [5, 5.41) is 12.4. The van der Waals surface area contributed by atoms with Gasteiger partial charge in [0.25, 0.3) is 17.7 Å². The summed E-state index contributed by atoms with van der Waals surface area (Å²) in [5.74, 6) is 0.289. The number of benzene rings is 4. The Morgan fingerprint density at radius 2 is 1.08 bits per heavy atom. The fourth-order valence-electron chi connectivity index (χ4n) is 11.4. The van der Waals surface area contributed by atoms with Crippen LogP contribution in [-0.2, 0) is 38.4 Å². The molecule has 5 N–H and O–H groups in total. The maximum atomic E-state index is 12.4. The number of alkyl halides is 1. The van der Waals surface area contributed by atoms with Crippen molar-refractivity contribution in [2.45, 2.75) is 75.9 Å². The summed E-state index contributed by atoms with van der Waals surface area (Å²) in [6, 6.07) is 39.5. The number of carbonyl (C=O) groups is 6. The van der Waals surface area contributed by atoms with Crippen LogP contribution in [0.5, 0.6) is 0 Å². The van der Waals surface area contributed by atoms with Crippen molar-refractivity contribution in [3.8, 4) is 22.3 Å². The molecule has 4 aromatic carbocycles. The summed E-state index contributed by atoms with van der Waals surface area (Å²) >= 11 is 9.54. The van der Waals surface area contributed by atoms with Crippen molar-refractivity contribution < 1.29 is 62.7 Å². The van der Waals surface area contributed by atoms with Gasteiger partial charge < -0.3 is 40.2 Å². The average Bonchev–Trinajstić information content (AvgIpc) is 1.90. The SMILES string of the molecule is CI.NCC1CCN(c2ccc(C(=O)NOC3CCCCO3)cn2)CC1.O=C(NCC1CCN(c2ccc(C(=O)O)cn2)CC1)OCC1c2ccccc2-c2ccccc21.O=C(OCC1c2ccccc2-c2ccccc21)ON1C(=O)CCC1=O.[I][V]([I])[I]. The molecule has 4 fully saturated rings. The van der Waals surface area contributed by atoms with Gasteiger partial charge in [-0.05, 0) is 131 Å². The summed E-state index contributed by atoms with van der Waals surface area (Å²) in [6.45, 7) is 5.95. The van der Waals surface area contributed by atoms with Gasteiger partial charge in [0.1, 0.15) is 24.8 Å². The van der Waals surface area contributed by atoms with Gasteiger partial charge in [-0.15, -0.1) is 0 Å². The summed E-state index contributed by atoms with van der Waals surface area (Å²) < 4.78 is 16.2. The van der Waals surface area contributed by atoms with E-state index in [1.54, 1.807) is 24.4 Å². The van der Waals surface area contributed by atoms with Crippen molar-refractivity contribution in [2.24, 2.45) is 17.6 Å². The zero-order valence-electron chi connectivity index (χ0n) is 49.0. The van der Waals surface area contributed by atoms with E-state index in [1.165, 1.54) is 28.5 Å². The van der Waals surface area contributed by atoms with Crippen molar-refractivity contribution in [3.63, 3.8) is 0 Å². The van der Waals surface area contributed by atoms with Gasteiger partial charge in [-0.25, -0.2) is 34.7 Å². The number of fused-ring (bicyclic) bond motifs is 6. The molecule has 6 aliphatic rings. The summed E-state index contributed by atoms with van der Waals surface area (Å²) in [6.07, 6.45) is 8.23. The molecule has 20 nitrogen and oxygen atoms in total. The van der Waals surface area contributed by atoms with Crippen LogP contribution in [0.1, 0.15) is 113 Å². The number of halogens is 4. The Morgan fingerprint density at radius 1 is 0.629 bits per heavy atom. The number of ether oxygens (including phenoxy) is 3. The van der Waals surface area contributed by atoms with Crippen LogP contribution in [0.25, 0.3) is 22.3 Å². The third-order valence-electron chi connectivity index (χ3n) is 16.0. The molecule has 0 radical (unpaired) electrons. The van der Waals surface area contributed by atoms with Crippen LogP contribution in [0.2, 0.25) is 0 Å². The molecule has 2 aromatic heterocycles. The summed E-state index contributed by atoms with van der Waals surface area (Å²) in [7, 11) is 0. The topological polar surface area (TPSA) is 254 Å². The minimum atomic E-state index is -1.05. The van der Waals surface area contributed by atoms with Gasteiger partial charge >= 0.3 is 83.1 Å². The fraction of sp³-hybridized carbons (Fsp3) is 0.375. The van der Waals surface area contributed by atoms with Gasteiger partial charge in [0.2, 0.25) is 0 Å². The summed E-state index contributed by atoms with van der Waals surface area (Å²) in [5.41, 5.74) is 18.0. The van der Waals surface area contributed by atoms with Crippen LogP contribution in [0.3, 0.4) is 0 Å². The first-order valence-corrected chi connectivity index (χ1v) is 45.0. The number of anilines is 2. The molecule has 4 saturated heterocycles. The number of pyridine rings is 2. The molecule has 89 heavy (non-hydrogen) atoms. The van der Waals surface area contributed by atoms with Crippen molar-refractivity contribution in [3.05, 3.63) is 167 Å². The predicted octanol–water partition coefficient (Wildman–Crippen LogP) is 12.7. The van der Waals surface area contributed by atoms with Crippen LogP contribution < -0.4 is 26.3 Å². The maximum absolute atomic E-state index is 12.4. The number of carboxylic acid groups (broad SMARTS) is 1. The normalized spacial score (nSPS) is 16.9. The Hall–Kier alpha value is -5.22. The van der Waals surface area contributed by atoms with Gasteiger partial charge in [0, 0.05) is 82.8 Å². The van der Waals surface area contributed by atoms with E-state index in [9.17, 15) is 28.8 Å². The predicted molar refractivity (Wildman–Crippen MR) is 369 cm³/mol. The Balaban J connectivity index is 0.000000168. The number of nitrogens with two attached hydrogens (primary N) is 1. The molecule has 0 spiro atoms. The molecule has 1 atom stereocenters. The van der Waals surface area contributed by atoms with Gasteiger partial charge in [-0.2, -0.15) is 0 Å². The first-order chi connectivity index (χ1) is 43.2. The molecular weight excluding hydrogens is 1630 g/mol. The van der Waals surface area contributed by atoms with E-state index in [2.05, 4.69) is 137 Å². The number of nitrogens with one attached hydrogen (secondary N) is 2. The number of hydroxylamine groups is 3. The molecule has 472 valence electrons. The zero-order chi connectivity index (χ0) is 63.2. The third-order valence-corrected chi connectivity index (χ3v) is 16.0. The molecule has 1 unspecified atom stereocenters. The number of aromatic carboxylic acids is 1. The molecule has 6 aromatic rings. The van der Waals surface area contributed by atoms with Gasteiger partial charge in [-0.1, -0.05) is 125 Å². The Bertz CT molecular complexity index is 3220. The first kappa shape index (κ1) is 69.7. The second-order valence-electron chi connectivity index (χ2n) is 21.4. The number of hydrogen-bond donors (Lipinski definition) is 4. The molecule has 2 aliphatic carbocycles. The van der Waals surface area contributed by atoms with E-state index in [4.69, 9.17) is 34.7 Å². The third kappa shape index (κ3) is 19.7. The van der Waals surface area contributed by atoms with Gasteiger partial charge in [0.05, 0.1) is 11.1 Å². The van der Waals surface area contributed by atoms with Crippen LogP contribution in [-0.4, -0.2) is 126 Å². The average molecular weight is 1700 g/mol. The Kier molecular flexibility index (Phi) is 27.8. The van der Waals surface area contributed by atoms with Crippen molar-refractivity contribution in [1.82, 2.24) is 25.8 Å². The zero-order valence-corrected chi connectivity index (χ0v) is 59.1. The number of nitrogens with zero attached hydrogens (tertiary/aromatic N) is 5. The molecule has 0 saturated carbocycles. The number of carboxylic acids is 1. The van der Waals surface area contributed by atoms with Crippen molar-refractivity contribution >= 4 is 130 Å². The van der Waals surface area contributed by atoms with E-state index in [0.717, 1.165) is 112 Å². The number of piperidine rings is 2. The number of hydrogen-bond acceptors (Lipinski definition) is 16. The molecule has 12 rings (SSSR count). The standard InChI is InChI=1S/C27H27N3O4.C19H15NO5.C17H26N4O3.CH3I.3HI.V/c31-26(32)19-9-10-25(28-16-19)30-13-11-18(12-14-30)15-29-27(33)34-17-24-22-7-3-1-5-20(22)21-6-2-4-8-23(21)24;21-17-9-10-18(22)20(17)25-19(23)24-11-16-14-7-3-1-5-12(14)13-6-2-4-8-15(13)16;18-11-13-6-8-21(9-7-13)15-5-4-14(12-19-15)17(22)20-24-16-3-1-2-10-23-16;1-2;;;;/h1-10,16,18,24H,11-15,17H2,(H,29,33)(H,31,32);1-8,16H,9-11H2;4-5,12-13,16H,1-3,6-11,18H2,(H,20,22);1H3;3*1H;/q;;;;;;;+3/p-3. The molecule has 4 amide bonds. The number of carbonyl (C=O) groups excluding carboxylic acids is 5. The van der Waals surface area contributed by atoms with Gasteiger partial charge in [0.15, 0.2) is 6.29 Å². The number of aromatic nitrogens is 2. The molecule has 0 bridgehead atoms. The van der Waals surface area contributed by atoms with E-state index in [0.29, 0.717) is 42.2 Å². The van der Waals surface area contributed by atoms with Crippen LogP contribution in [0, 0.1) is 11.8 Å². The van der Waals surface area contributed by atoms with Crippen LogP contribution in [0.4, 0.5) is 21.2 Å². The number of imide groups is 1. The molecular formula is C64H71I4N8O12V. The van der Waals surface area contributed by atoms with Crippen LogP contribution >= 0.6 is 82.5 Å². The Morgan fingerprint density at radius 3 is 1.51 bits per heavy atom. The van der Waals surface area contributed by atoms with E-state index >= 15 is 0 Å². The molecule has 25 heteroatoms.